The van der Waals surface area contributed by atoms with Crippen LogP contribution in [0.4, 0.5) is 0 Å². The summed E-state index contributed by atoms with van der Waals surface area (Å²) < 4.78 is 5.28. The minimum absolute atomic E-state index is 0.0649. The van der Waals surface area contributed by atoms with Gasteiger partial charge in [0.25, 0.3) is 0 Å². The average molecular weight is 230 g/mol. The smallest absolute Gasteiger partial charge is 0.249 e. The zero-order valence-corrected chi connectivity index (χ0v) is 9.48. The van der Waals surface area contributed by atoms with Gasteiger partial charge in [-0.1, -0.05) is 12.1 Å². The van der Waals surface area contributed by atoms with Gasteiger partial charge in [0.2, 0.25) is 5.91 Å². The summed E-state index contributed by atoms with van der Waals surface area (Å²) in [6.07, 6.45) is 1.45. The first-order valence-corrected chi connectivity index (χ1v) is 5.68. The maximum absolute atomic E-state index is 11.7. The number of benzene rings is 1. The Hall–Kier alpha value is -1.86. The standard InChI is InChI=1S/C13H14N2O2/c14-8-10-3-1-4-11(7-10)9-15-13(16)12-5-2-6-17-12/h1,3-4,7,12H,2,5-6,9H2,(H,15,16). The van der Waals surface area contributed by atoms with Crippen LogP contribution in [-0.4, -0.2) is 18.6 Å². The second-order valence-corrected chi connectivity index (χ2v) is 4.03. The lowest BCUT2D eigenvalue weighted by atomic mass is 10.1. The third-order valence-corrected chi connectivity index (χ3v) is 2.74. The number of carbonyl (C=O) groups excluding carboxylic acids is 1. The van der Waals surface area contributed by atoms with Gasteiger partial charge in [0.15, 0.2) is 0 Å². The van der Waals surface area contributed by atoms with E-state index in [9.17, 15) is 4.79 Å². The topological polar surface area (TPSA) is 62.1 Å². The molecule has 0 spiro atoms. The molecular formula is C13H14N2O2. The van der Waals surface area contributed by atoms with Crippen LogP contribution in [0.3, 0.4) is 0 Å². The molecule has 1 aromatic carbocycles. The van der Waals surface area contributed by atoms with Crippen molar-refractivity contribution in [2.45, 2.75) is 25.5 Å². The van der Waals surface area contributed by atoms with Crippen LogP contribution < -0.4 is 5.32 Å². The van der Waals surface area contributed by atoms with E-state index in [4.69, 9.17) is 10.00 Å². The Morgan fingerprint density at radius 2 is 2.47 bits per heavy atom. The average Bonchev–Trinajstić information content (AvgIpc) is 2.90. The second kappa shape index (κ2) is 5.46. The Kier molecular flexibility index (Phi) is 3.73. The number of ether oxygens (including phenoxy) is 1. The maximum atomic E-state index is 11.7. The van der Waals surface area contributed by atoms with Gasteiger partial charge in [0, 0.05) is 13.2 Å². The monoisotopic (exact) mass is 230 g/mol. The predicted octanol–water partition coefficient (Wildman–Crippen LogP) is 1.35. The summed E-state index contributed by atoms with van der Waals surface area (Å²) in [5.41, 5.74) is 1.53. The van der Waals surface area contributed by atoms with Gasteiger partial charge in [-0.3, -0.25) is 4.79 Å². The van der Waals surface area contributed by atoms with Gasteiger partial charge >= 0.3 is 0 Å². The van der Waals surface area contributed by atoms with Crippen LogP contribution in [0, 0.1) is 11.3 Å². The molecule has 88 valence electrons. The fourth-order valence-corrected chi connectivity index (χ4v) is 1.84. The Bertz CT molecular complexity index is 445. The Balaban J connectivity index is 1.88. The number of carbonyl (C=O) groups is 1. The summed E-state index contributed by atoms with van der Waals surface area (Å²) in [4.78, 5) is 11.7. The molecule has 1 heterocycles. The first-order valence-electron chi connectivity index (χ1n) is 5.68. The van der Waals surface area contributed by atoms with Gasteiger partial charge in [-0.05, 0) is 30.5 Å². The van der Waals surface area contributed by atoms with Crippen molar-refractivity contribution in [2.75, 3.05) is 6.61 Å². The van der Waals surface area contributed by atoms with E-state index in [0.29, 0.717) is 18.7 Å². The van der Waals surface area contributed by atoms with Crippen LogP contribution >= 0.6 is 0 Å². The number of hydrogen-bond donors (Lipinski definition) is 1. The second-order valence-electron chi connectivity index (χ2n) is 4.03. The highest BCUT2D eigenvalue weighted by Gasteiger charge is 2.22. The van der Waals surface area contributed by atoms with Gasteiger partial charge in [-0.2, -0.15) is 5.26 Å². The highest BCUT2D eigenvalue weighted by molar-refractivity contribution is 5.80. The largest absolute Gasteiger partial charge is 0.368 e. The van der Waals surface area contributed by atoms with Crippen molar-refractivity contribution >= 4 is 5.91 Å². The Morgan fingerprint density at radius 1 is 1.59 bits per heavy atom. The molecule has 1 atom stereocenters. The molecule has 2 rings (SSSR count). The van der Waals surface area contributed by atoms with Crippen LogP contribution in [0.25, 0.3) is 0 Å². The molecule has 0 bridgehead atoms. The summed E-state index contributed by atoms with van der Waals surface area (Å²) in [6, 6.07) is 9.28. The molecular weight excluding hydrogens is 216 g/mol. The quantitative estimate of drug-likeness (QED) is 0.852. The van der Waals surface area contributed by atoms with E-state index in [1.807, 2.05) is 12.1 Å². The summed E-state index contributed by atoms with van der Waals surface area (Å²) in [5, 5.41) is 11.6. The van der Waals surface area contributed by atoms with Crippen molar-refractivity contribution in [3.8, 4) is 6.07 Å². The normalized spacial score (nSPS) is 18.6. The van der Waals surface area contributed by atoms with E-state index in [0.717, 1.165) is 18.4 Å². The molecule has 4 nitrogen and oxygen atoms in total. The van der Waals surface area contributed by atoms with E-state index in [2.05, 4.69) is 11.4 Å². The minimum Gasteiger partial charge on any atom is -0.368 e. The van der Waals surface area contributed by atoms with E-state index >= 15 is 0 Å². The van der Waals surface area contributed by atoms with Crippen molar-refractivity contribution in [3.05, 3.63) is 35.4 Å². The first kappa shape index (κ1) is 11.6. The summed E-state index contributed by atoms with van der Waals surface area (Å²) in [5.74, 6) is -0.0649. The number of rotatable bonds is 3. The van der Waals surface area contributed by atoms with Crippen molar-refractivity contribution in [3.63, 3.8) is 0 Å². The third kappa shape index (κ3) is 3.05. The predicted molar refractivity (Wildman–Crippen MR) is 62.0 cm³/mol. The SMILES string of the molecule is N#Cc1cccc(CNC(=O)C2CCCO2)c1. The fraction of sp³-hybridized carbons (Fsp3) is 0.385. The number of nitrogens with zero attached hydrogens (tertiary/aromatic N) is 1. The molecule has 1 aliphatic heterocycles. The summed E-state index contributed by atoms with van der Waals surface area (Å²) in [6.45, 7) is 1.11. The summed E-state index contributed by atoms with van der Waals surface area (Å²) >= 11 is 0. The Labute approximate surface area is 100 Å². The summed E-state index contributed by atoms with van der Waals surface area (Å²) in [7, 11) is 0. The van der Waals surface area contributed by atoms with Crippen molar-refractivity contribution in [2.24, 2.45) is 0 Å². The van der Waals surface area contributed by atoms with E-state index in [-0.39, 0.29) is 12.0 Å². The lowest BCUT2D eigenvalue weighted by Gasteiger charge is -2.10. The van der Waals surface area contributed by atoms with Crippen molar-refractivity contribution in [1.29, 1.82) is 5.26 Å². The first-order chi connectivity index (χ1) is 8.29. The van der Waals surface area contributed by atoms with Gasteiger partial charge in [-0.25, -0.2) is 0 Å². The van der Waals surface area contributed by atoms with Crippen LogP contribution in [0.15, 0.2) is 24.3 Å². The third-order valence-electron chi connectivity index (χ3n) is 2.74. The molecule has 1 unspecified atom stereocenters. The molecule has 1 fully saturated rings. The van der Waals surface area contributed by atoms with Gasteiger partial charge in [0.05, 0.1) is 11.6 Å². The highest BCUT2D eigenvalue weighted by Crippen LogP contribution is 2.12. The molecule has 1 N–H and O–H groups in total. The number of nitrogens with one attached hydrogen (secondary N) is 1. The lowest BCUT2D eigenvalue weighted by molar-refractivity contribution is -0.130. The molecule has 1 aromatic rings. The van der Waals surface area contributed by atoms with Gasteiger partial charge < -0.3 is 10.1 Å². The molecule has 1 amide bonds. The number of amides is 1. The zero-order valence-electron chi connectivity index (χ0n) is 9.48. The molecule has 4 heteroatoms. The lowest BCUT2D eigenvalue weighted by Crippen LogP contribution is -2.33. The molecule has 1 aliphatic rings. The van der Waals surface area contributed by atoms with Crippen LogP contribution in [0.1, 0.15) is 24.0 Å². The molecule has 0 saturated carbocycles. The van der Waals surface area contributed by atoms with Gasteiger partial charge in [-0.15, -0.1) is 0 Å². The van der Waals surface area contributed by atoms with Crippen LogP contribution in [0.2, 0.25) is 0 Å². The minimum atomic E-state index is -0.297. The molecule has 0 aromatic heterocycles. The van der Waals surface area contributed by atoms with Gasteiger partial charge in [0.1, 0.15) is 6.10 Å². The van der Waals surface area contributed by atoms with Crippen molar-refractivity contribution < 1.29 is 9.53 Å². The zero-order chi connectivity index (χ0) is 12.1. The number of nitriles is 1. The van der Waals surface area contributed by atoms with E-state index < -0.39 is 0 Å². The molecule has 1 saturated heterocycles. The van der Waals surface area contributed by atoms with Crippen LogP contribution in [-0.2, 0) is 16.1 Å². The van der Waals surface area contributed by atoms with E-state index in [1.54, 1.807) is 12.1 Å². The molecule has 0 radical (unpaired) electrons. The fourth-order valence-electron chi connectivity index (χ4n) is 1.84. The Morgan fingerprint density at radius 3 is 3.18 bits per heavy atom. The van der Waals surface area contributed by atoms with Crippen molar-refractivity contribution in [1.82, 2.24) is 5.32 Å². The number of hydrogen-bond acceptors (Lipinski definition) is 3. The maximum Gasteiger partial charge on any atom is 0.249 e. The van der Waals surface area contributed by atoms with E-state index in [1.165, 1.54) is 0 Å². The molecule has 0 aliphatic carbocycles. The highest BCUT2D eigenvalue weighted by atomic mass is 16.5. The molecule has 17 heavy (non-hydrogen) atoms. The van der Waals surface area contributed by atoms with Crippen LogP contribution in [0.5, 0.6) is 0 Å².